The van der Waals surface area contributed by atoms with Crippen molar-refractivity contribution >= 4 is 29.2 Å². The zero-order valence-electron chi connectivity index (χ0n) is 17.4. The highest BCUT2D eigenvalue weighted by atomic mass is 35.5. The number of nitrogens with one attached hydrogen (secondary N) is 1. The minimum atomic E-state index is -0.871. The first-order chi connectivity index (χ1) is 14.2. The van der Waals surface area contributed by atoms with Gasteiger partial charge in [0, 0.05) is 16.9 Å². The molecule has 6 nitrogen and oxygen atoms in total. The van der Waals surface area contributed by atoms with Gasteiger partial charge in [-0.3, -0.25) is 14.3 Å². The van der Waals surface area contributed by atoms with E-state index in [1.807, 2.05) is 58.0 Å². The second kappa shape index (κ2) is 8.71. The number of nitrogens with zero attached hydrogens (tertiary/aromatic N) is 2. The summed E-state index contributed by atoms with van der Waals surface area (Å²) in [6, 6.07) is 11.2. The fraction of sp³-hybridized carbons (Fsp3) is 0.261. The first-order valence-electron chi connectivity index (χ1n) is 9.57. The van der Waals surface area contributed by atoms with Gasteiger partial charge in [0.05, 0.1) is 29.2 Å². The summed E-state index contributed by atoms with van der Waals surface area (Å²) in [4.78, 5) is 23.7. The predicted molar refractivity (Wildman–Crippen MR) is 117 cm³/mol. The molecule has 0 aliphatic carbocycles. The van der Waals surface area contributed by atoms with Crippen LogP contribution in [0.3, 0.4) is 0 Å². The number of aliphatic carboxylic acids is 1. The van der Waals surface area contributed by atoms with Crippen LogP contribution in [0.4, 0.5) is 5.69 Å². The summed E-state index contributed by atoms with van der Waals surface area (Å²) in [6.45, 7) is 8.01. The van der Waals surface area contributed by atoms with E-state index in [1.54, 1.807) is 10.7 Å². The number of carboxylic acid groups (broad SMARTS) is 1. The lowest BCUT2D eigenvalue weighted by atomic mass is 10.0. The third kappa shape index (κ3) is 4.71. The lowest BCUT2D eigenvalue weighted by molar-refractivity contribution is -0.136. The molecule has 1 amide bonds. The normalized spacial score (nSPS) is 10.8. The van der Waals surface area contributed by atoms with E-state index < -0.39 is 5.97 Å². The van der Waals surface area contributed by atoms with E-state index in [0.29, 0.717) is 22.8 Å². The maximum atomic E-state index is 12.7. The molecule has 1 heterocycles. The molecule has 2 N–H and O–H groups in total. The van der Waals surface area contributed by atoms with Crippen molar-refractivity contribution in [1.29, 1.82) is 0 Å². The molecule has 1 aromatic heterocycles. The van der Waals surface area contributed by atoms with Gasteiger partial charge in [0.1, 0.15) is 0 Å². The van der Waals surface area contributed by atoms with Crippen LogP contribution in [-0.4, -0.2) is 26.8 Å². The second-order valence-electron chi connectivity index (χ2n) is 7.47. The molecule has 0 aliphatic heterocycles. The molecule has 0 spiro atoms. The van der Waals surface area contributed by atoms with Gasteiger partial charge in [-0.2, -0.15) is 5.10 Å². The Hall–Kier alpha value is -3.12. The average molecular weight is 426 g/mol. The Balaban J connectivity index is 1.73. The summed E-state index contributed by atoms with van der Waals surface area (Å²) in [5.74, 6) is -1.12. The van der Waals surface area contributed by atoms with Crippen molar-refractivity contribution in [3.8, 4) is 0 Å². The standard InChI is InChI=1S/C23H24ClN3O3/c1-13-9-14(2)22(20(24)10-13)23(30)25-18-7-5-17(6-8-18)12-27-16(4)19(11-21(28)29)15(3)26-27/h5-10H,11-12H2,1-4H3,(H,25,30)(H,28,29). The highest BCUT2D eigenvalue weighted by Gasteiger charge is 2.16. The van der Waals surface area contributed by atoms with E-state index in [9.17, 15) is 9.59 Å². The molecule has 156 valence electrons. The van der Waals surface area contributed by atoms with E-state index in [4.69, 9.17) is 16.7 Å². The van der Waals surface area contributed by atoms with Crippen LogP contribution in [0, 0.1) is 27.7 Å². The molecule has 0 aliphatic rings. The summed E-state index contributed by atoms with van der Waals surface area (Å²) in [5, 5.41) is 16.9. The van der Waals surface area contributed by atoms with Gasteiger partial charge in [-0.15, -0.1) is 0 Å². The molecule has 7 heteroatoms. The maximum absolute atomic E-state index is 12.7. The largest absolute Gasteiger partial charge is 0.481 e. The quantitative estimate of drug-likeness (QED) is 0.599. The third-order valence-electron chi connectivity index (χ3n) is 5.06. The van der Waals surface area contributed by atoms with Gasteiger partial charge in [-0.25, -0.2) is 0 Å². The third-order valence-corrected chi connectivity index (χ3v) is 5.36. The van der Waals surface area contributed by atoms with Crippen LogP contribution >= 0.6 is 11.6 Å². The Morgan fingerprint density at radius 2 is 1.77 bits per heavy atom. The van der Waals surface area contributed by atoms with Crippen molar-refractivity contribution in [2.24, 2.45) is 0 Å². The molecule has 0 saturated heterocycles. The summed E-state index contributed by atoms with van der Waals surface area (Å²) in [7, 11) is 0. The molecule has 3 aromatic rings. The van der Waals surface area contributed by atoms with Gasteiger partial charge < -0.3 is 10.4 Å². The second-order valence-corrected chi connectivity index (χ2v) is 7.87. The predicted octanol–water partition coefficient (Wildman–Crippen LogP) is 4.70. The van der Waals surface area contributed by atoms with Gasteiger partial charge >= 0.3 is 5.97 Å². The van der Waals surface area contributed by atoms with Crippen LogP contribution in [0.2, 0.25) is 5.02 Å². The Bertz CT molecular complexity index is 1090. The number of rotatable bonds is 6. The average Bonchev–Trinajstić information content (AvgIpc) is 2.89. The fourth-order valence-electron chi connectivity index (χ4n) is 3.56. The number of carbonyl (C=O) groups excluding carboxylic acids is 1. The number of carboxylic acids is 1. The molecular formula is C23H24ClN3O3. The monoisotopic (exact) mass is 425 g/mol. The van der Waals surface area contributed by atoms with E-state index in [-0.39, 0.29) is 12.3 Å². The molecule has 30 heavy (non-hydrogen) atoms. The molecule has 3 rings (SSSR count). The maximum Gasteiger partial charge on any atom is 0.307 e. The summed E-state index contributed by atoms with van der Waals surface area (Å²) in [6.07, 6.45) is -0.0381. The number of amides is 1. The van der Waals surface area contributed by atoms with E-state index in [1.165, 1.54) is 0 Å². The van der Waals surface area contributed by atoms with Gasteiger partial charge in [-0.05, 0) is 62.6 Å². The Morgan fingerprint density at radius 1 is 1.10 bits per heavy atom. The number of anilines is 1. The molecule has 0 fully saturated rings. The van der Waals surface area contributed by atoms with Crippen LogP contribution in [0.5, 0.6) is 0 Å². The van der Waals surface area contributed by atoms with Crippen molar-refractivity contribution in [1.82, 2.24) is 9.78 Å². The minimum absolute atomic E-state index is 0.0381. The van der Waals surface area contributed by atoms with Crippen LogP contribution in [0.1, 0.15) is 44.0 Å². The number of carbonyl (C=O) groups is 2. The van der Waals surface area contributed by atoms with Gasteiger partial charge in [0.2, 0.25) is 0 Å². The smallest absolute Gasteiger partial charge is 0.307 e. The first-order valence-corrected chi connectivity index (χ1v) is 9.95. The Kier molecular flexibility index (Phi) is 6.27. The fourth-order valence-corrected chi connectivity index (χ4v) is 3.97. The number of hydrogen-bond acceptors (Lipinski definition) is 3. The van der Waals surface area contributed by atoms with Crippen LogP contribution in [0.15, 0.2) is 36.4 Å². The van der Waals surface area contributed by atoms with Crippen LogP contribution < -0.4 is 5.32 Å². The molecule has 0 atom stereocenters. The number of aromatic nitrogens is 2. The molecule has 0 unspecified atom stereocenters. The van der Waals surface area contributed by atoms with Gasteiger partial charge in [-0.1, -0.05) is 29.8 Å². The summed E-state index contributed by atoms with van der Waals surface area (Å²) < 4.78 is 1.80. The zero-order valence-corrected chi connectivity index (χ0v) is 18.2. The zero-order chi connectivity index (χ0) is 22.0. The minimum Gasteiger partial charge on any atom is -0.481 e. The lowest BCUT2D eigenvalue weighted by Gasteiger charge is -2.11. The van der Waals surface area contributed by atoms with Gasteiger partial charge in [0.15, 0.2) is 0 Å². The molecule has 2 aromatic carbocycles. The summed E-state index contributed by atoms with van der Waals surface area (Å²) >= 11 is 6.27. The molecule has 0 saturated carbocycles. The number of hydrogen-bond donors (Lipinski definition) is 2. The number of benzene rings is 2. The molecule has 0 radical (unpaired) electrons. The molecular weight excluding hydrogens is 402 g/mol. The Labute approximate surface area is 180 Å². The van der Waals surface area contributed by atoms with Crippen molar-refractivity contribution in [3.05, 3.63) is 80.6 Å². The van der Waals surface area contributed by atoms with Crippen molar-refractivity contribution in [2.75, 3.05) is 5.32 Å². The highest BCUT2D eigenvalue weighted by Crippen LogP contribution is 2.23. The van der Waals surface area contributed by atoms with Crippen LogP contribution in [-0.2, 0) is 17.8 Å². The Morgan fingerprint density at radius 3 is 2.37 bits per heavy atom. The first kappa shape index (κ1) is 21.6. The van der Waals surface area contributed by atoms with E-state index >= 15 is 0 Å². The summed E-state index contributed by atoms with van der Waals surface area (Å²) in [5.41, 5.74) is 6.28. The van der Waals surface area contributed by atoms with E-state index in [0.717, 1.165) is 33.6 Å². The number of halogens is 1. The van der Waals surface area contributed by atoms with Gasteiger partial charge in [0.25, 0.3) is 5.91 Å². The van der Waals surface area contributed by atoms with E-state index in [2.05, 4.69) is 10.4 Å². The topological polar surface area (TPSA) is 84.2 Å². The molecule has 0 bridgehead atoms. The lowest BCUT2D eigenvalue weighted by Crippen LogP contribution is -2.14. The highest BCUT2D eigenvalue weighted by molar-refractivity contribution is 6.34. The number of aryl methyl sites for hydroxylation is 3. The SMILES string of the molecule is Cc1cc(C)c(C(=O)Nc2ccc(Cn3nc(C)c(CC(=O)O)c3C)cc2)c(Cl)c1. The van der Waals surface area contributed by atoms with Crippen molar-refractivity contribution < 1.29 is 14.7 Å². The van der Waals surface area contributed by atoms with Crippen LogP contribution in [0.25, 0.3) is 0 Å². The van der Waals surface area contributed by atoms with Crippen molar-refractivity contribution in [3.63, 3.8) is 0 Å². The van der Waals surface area contributed by atoms with Crippen molar-refractivity contribution in [2.45, 2.75) is 40.7 Å².